The molecule has 22 heavy (non-hydrogen) atoms. The third kappa shape index (κ3) is 3.15. The minimum absolute atomic E-state index is 0. The molecule has 120 valence electrons. The minimum Gasteiger partial charge on any atom is -0.393 e. The molecule has 4 N–H and O–H groups in total. The van der Waals surface area contributed by atoms with E-state index in [9.17, 15) is 14.9 Å². The van der Waals surface area contributed by atoms with Crippen LogP contribution in [0.5, 0.6) is 0 Å². The van der Waals surface area contributed by atoms with Crippen molar-refractivity contribution in [3.8, 4) is 0 Å². The number of carbonyl (C=O) groups excluding carboxylic acids is 1. The molecule has 1 aromatic carbocycles. The summed E-state index contributed by atoms with van der Waals surface area (Å²) >= 11 is 0. The van der Waals surface area contributed by atoms with Crippen molar-refractivity contribution in [3.63, 3.8) is 0 Å². The molecule has 7 nitrogen and oxygen atoms in total. The maximum Gasteiger partial charge on any atom is 0.292 e. The summed E-state index contributed by atoms with van der Waals surface area (Å²) in [5.41, 5.74) is 5.62. The first-order chi connectivity index (χ1) is 10.0. The molecule has 0 spiro atoms. The van der Waals surface area contributed by atoms with Crippen molar-refractivity contribution < 1.29 is 9.72 Å². The molecule has 2 bridgehead atoms. The van der Waals surface area contributed by atoms with Gasteiger partial charge in [-0.2, -0.15) is 0 Å². The maximum absolute atomic E-state index is 12.3. The van der Waals surface area contributed by atoms with Crippen molar-refractivity contribution in [2.24, 2.45) is 0 Å². The molecule has 8 heteroatoms. The molecule has 0 radical (unpaired) electrons. The molecule has 2 unspecified atom stereocenters. The number of fused-ring (bicyclic) bond motifs is 2. The lowest BCUT2D eigenvalue weighted by atomic mass is 9.99. The van der Waals surface area contributed by atoms with E-state index in [0.29, 0.717) is 12.1 Å². The van der Waals surface area contributed by atoms with E-state index in [1.54, 1.807) is 0 Å². The first-order valence-electron chi connectivity index (χ1n) is 7.14. The summed E-state index contributed by atoms with van der Waals surface area (Å²) in [6, 6.07) is 5.35. The fourth-order valence-corrected chi connectivity index (χ4v) is 3.35. The van der Waals surface area contributed by atoms with Crippen LogP contribution >= 0.6 is 12.4 Å². The predicted molar refractivity (Wildman–Crippen MR) is 85.2 cm³/mol. The number of anilines is 1. The Labute approximate surface area is 134 Å². The number of nitrogen functional groups attached to an aromatic ring is 1. The third-order valence-electron chi connectivity index (χ3n) is 4.33. The number of nitrogens with one attached hydrogen (secondary N) is 2. The van der Waals surface area contributed by atoms with Crippen LogP contribution < -0.4 is 16.4 Å². The summed E-state index contributed by atoms with van der Waals surface area (Å²) < 4.78 is 0. The molecule has 2 aliphatic rings. The Bertz CT molecular complexity index is 583. The van der Waals surface area contributed by atoms with Gasteiger partial charge in [-0.15, -0.1) is 12.4 Å². The van der Waals surface area contributed by atoms with Gasteiger partial charge in [0.25, 0.3) is 11.6 Å². The van der Waals surface area contributed by atoms with Crippen molar-refractivity contribution in [1.29, 1.82) is 0 Å². The average molecular weight is 327 g/mol. The van der Waals surface area contributed by atoms with Crippen LogP contribution in [0.4, 0.5) is 11.4 Å². The molecule has 3 rings (SSSR count). The summed E-state index contributed by atoms with van der Waals surface area (Å²) in [5, 5.41) is 17.3. The number of hydrogen-bond donors (Lipinski definition) is 3. The van der Waals surface area contributed by atoms with Crippen LogP contribution in [-0.2, 0) is 0 Å². The van der Waals surface area contributed by atoms with Crippen LogP contribution in [0.2, 0.25) is 0 Å². The fourth-order valence-electron chi connectivity index (χ4n) is 3.35. The van der Waals surface area contributed by atoms with Gasteiger partial charge < -0.3 is 16.4 Å². The number of halogens is 1. The lowest BCUT2D eigenvalue weighted by Crippen LogP contribution is -2.48. The molecule has 2 atom stereocenters. The van der Waals surface area contributed by atoms with Crippen molar-refractivity contribution in [2.45, 2.75) is 43.8 Å². The first kappa shape index (κ1) is 16.5. The van der Waals surface area contributed by atoms with Gasteiger partial charge in [-0.25, -0.2) is 0 Å². The molecule has 2 heterocycles. The van der Waals surface area contributed by atoms with Crippen molar-refractivity contribution >= 4 is 29.7 Å². The Balaban J connectivity index is 0.00000176. The number of rotatable bonds is 3. The SMILES string of the molecule is Cl.Nc1c(C(=O)NC2CC3CCC(C2)N3)cccc1[N+](=O)[O-]. The van der Waals surface area contributed by atoms with Gasteiger partial charge in [-0.1, -0.05) is 6.07 Å². The molecule has 1 amide bonds. The van der Waals surface area contributed by atoms with Gasteiger partial charge in [0.2, 0.25) is 0 Å². The Morgan fingerprint density at radius 3 is 2.55 bits per heavy atom. The number of para-hydroxylation sites is 1. The third-order valence-corrected chi connectivity index (χ3v) is 4.33. The van der Waals surface area contributed by atoms with Gasteiger partial charge in [0, 0.05) is 24.2 Å². The first-order valence-corrected chi connectivity index (χ1v) is 7.14. The van der Waals surface area contributed by atoms with E-state index < -0.39 is 4.92 Å². The number of carbonyl (C=O) groups is 1. The quantitative estimate of drug-likeness (QED) is 0.444. The number of nitrogens with two attached hydrogens (primary N) is 1. The molecule has 2 fully saturated rings. The van der Waals surface area contributed by atoms with Crippen LogP contribution in [0.1, 0.15) is 36.0 Å². The summed E-state index contributed by atoms with van der Waals surface area (Å²) in [6.07, 6.45) is 4.10. The van der Waals surface area contributed by atoms with Gasteiger partial charge in [-0.05, 0) is 31.7 Å². The van der Waals surface area contributed by atoms with Crippen LogP contribution in [0, 0.1) is 10.1 Å². The van der Waals surface area contributed by atoms with Crippen molar-refractivity contribution in [1.82, 2.24) is 10.6 Å². The van der Waals surface area contributed by atoms with Crippen LogP contribution in [0.3, 0.4) is 0 Å². The van der Waals surface area contributed by atoms with E-state index in [2.05, 4.69) is 10.6 Å². The number of benzene rings is 1. The van der Waals surface area contributed by atoms with E-state index in [0.717, 1.165) is 25.7 Å². The molecular formula is C14H19ClN4O3. The van der Waals surface area contributed by atoms with Crippen molar-refractivity contribution in [3.05, 3.63) is 33.9 Å². The van der Waals surface area contributed by atoms with Gasteiger partial charge in [0.15, 0.2) is 0 Å². The van der Waals surface area contributed by atoms with E-state index in [4.69, 9.17) is 5.73 Å². The topological polar surface area (TPSA) is 110 Å². The Morgan fingerprint density at radius 1 is 1.32 bits per heavy atom. The normalized spacial score (nSPS) is 26.1. The van der Waals surface area contributed by atoms with Gasteiger partial charge in [0.05, 0.1) is 10.5 Å². The van der Waals surface area contributed by atoms with Gasteiger partial charge >= 0.3 is 0 Å². The second kappa shape index (κ2) is 6.50. The van der Waals surface area contributed by atoms with E-state index in [-0.39, 0.29) is 41.3 Å². The number of amides is 1. The molecule has 0 aromatic heterocycles. The second-order valence-corrected chi connectivity index (χ2v) is 5.78. The number of piperidine rings is 1. The second-order valence-electron chi connectivity index (χ2n) is 5.78. The number of nitro benzene ring substituents is 1. The summed E-state index contributed by atoms with van der Waals surface area (Å²) in [5.74, 6) is -0.331. The number of hydrogen-bond acceptors (Lipinski definition) is 5. The summed E-state index contributed by atoms with van der Waals surface area (Å²) in [6.45, 7) is 0. The standard InChI is InChI=1S/C14H18N4O3.ClH/c15-13-11(2-1-3-12(13)18(20)21)14(19)17-10-6-8-4-5-9(7-10)16-8;/h1-3,8-10,16H,4-7,15H2,(H,17,19);1H. The predicted octanol–water partition coefficient (Wildman–Crippen LogP) is 1.61. The highest BCUT2D eigenvalue weighted by Gasteiger charge is 2.34. The highest BCUT2D eigenvalue weighted by Crippen LogP contribution is 2.28. The summed E-state index contributed by atoms with van der Waals surface area (Å²) in [7, 11) is 0. The van der Waals surface area contributed by atoms with Crippen LogP contribution in [0.15, 0.2) is 18.2 Å². The Hall–Kier alpha value is -1.86. The zero-order chi connectivity index (χ0) is 15.0. The molecule has 2 aliphatic heterocycles. The zero-order valence-corrected chi connectivity index (χ0v) is 12.8. The highest BCUT2D eigenvalue weighted by molar-refractivity contribution is 6.01. The molecule has 2 saturated heterocycles. The molecule has 1 aromatic rings. The lowest BCUT2D eigenvalue weighted by Gasteiger charge is -2.29. The Morgan fingerprint density at radius 2 is 1.95 bits per heavy atom. The number of nitrogens with zero attached hydrogens (tertiary/aromatic N) is 1. The van der Waals surface area contributed by atoms with Crippen LogP contribution in [-0.4, -0.2) is 29.0 Å². The smallest absolute Gasteiger partial charge is 0.292 e. The largest absolute Gasteiger partial charge is 0.393 e. The average Bonchev–Trinajstić information content (AvgIpc) is 2.77. The zero-order valence-electron chi connectivity index (χ0n) is 12.0. The number of nitro groups is 1. The fraction of sp³-hybridized carbons (Fsp3) is 0.500. The molecular weight excluding hydrogens is 308 g/mol. The monoisotopic (exact) mass is 326 g/mol. The maximum atomic E-state index is 12.3. The van der Waals surface area contributed by atoms with Crippen molar-refractivity contribution in [2.75, 3.05) is 5.73 Å². The van der Waals surface area contributed by atoms with Gasteiger partial charge in [-0.3, -0.25) is 14.9 Å². The van der Waals surface area contributed by atoms with E-state index in [1.807, 2.05) is 0 Å². The Kier molecular flexibility index (Phi) is 4.87. The van der Waals surface area contributed by atoms with Gasteiger partial charge in [0.1, 0.15) is 5.69 Å². The van der Waals surface area contributed by atoms with Crippen LogP contribution in [0.25, 0.3) is 0 Å². The molecule has 0 aliphatic carbocycles. The highest BCUT2D eigenvalue weighted by atomic mass is 35.5. The molecule has 0 saturated carbocycles. The van der Waals surface area contributed by atoms with E-state index in [1.165, 1.54) is 18.2 Å². The lowest BCUT2D eigenvalue weighted by molar-refractivity contribution is -0.383. The summed E-state index contributed by atoms with van der Waals surface area (Å²) in [4.78, 5) is 22.6. The van der Waals surface area contributed by atoms with E-state index >= 15 is 0 Å². The minimum atomic E-state index is -0.573.